The topological polar surface area (TPSA) is 26.3 Å². The second kappa shape index (κ2) is 9.93. The Hall–Kier alpha value is -1.06. The second-order valence-corrected chi connectivity index (χ2v) is 9.62. The Balaban J connectivity index is 0.00000364. The molecule has 0 bridgehead atoms. The SMILES string of the molecule is Cc1cc(OCC(C)C)cc(C)c1PC(=O)c1ccc(C(C)(C)C)cc1.[H-].[Li+]. The van der Waals surface area contributed by atoms with Crippen molar-refractivity contribution in [3.63, 3.8) is 0 Å². The van der Waals surface area contributed by atoms with Crippen LogP contribution in [0.5, 0.6) is 5.75 Å². The number of carbonyl (C=O) groups is 1. The van der Waals surface area contributed by atoms with Gasteiger partial charge >= 0.3 is 18.9 Å². The van der Waals surface area contributed by atoms with Gasteiger partial charge in [0, 0.05) is 5.56 Å². The predicted octanol–water partition coefficient (Wildman–Crippen LogP) is 2.90. The third kappa shape index (κ3) is 6.80. The van der Waals surface area contributed by atoms with Crippen LogP contribution in [0.3, 0.4) is 0 Å². The Morgan fingerprint density at radius 1 is 1.07 bits per heavy atom. The number of rotatable bonds is 6. The van der Waals surface area contributed by atoms with E-state index in [1.54, 1.807) is 0 Å². The molecule has 27 heavy (non-hydrogen) atoms. The first-order chi connectivity index (χ1) is 12.1. The summed E-state index contributed by atoms with van der Waals surface area (Å²) in [6, 6.07) is 12.2. The molecule has 4 heteroatoms. The third-order valence-corrected chi connectivity index (χ3v) is 5.90. The van der Waals surface area contributed by atoms with E-state index in [4.69, 9.17) is 4.74 Å². The van der Waals surface area contributed by atoms with Crippen molar-refractivity contribution in [1.29, 1.82) is 0 Å². The van der Waals surface area contributed by atoms with Crippen molar-refractivity contribution in [1.82, 2.24) is 0 Å². The van der Waals surface area contributed by atoms with E-state index in [0.29, 0.717) is 12.5 Å². The van der Waals surface area contributed by atoms with Gasteiger partial charge in [-0.1, -0.05) is 58.9 Å². The Labute approximate surface area is 179 Å². The van der Waals surface area contributed by atoms with Crippen molar-refractivity contribution >= 4 is 19.4 Å². The average Bonchev–Trinajstić information content (AvgIpc) is 2.55. The summed E-state index contributed by atoms with van der Waals surface area (Å²) >= 11 is 0. The van der Waals surface area contributed by atoms with Gasteiger partial charge in [0.25, 0.3) is 0 Å². The van der Waals surface area contributed by atoms with Crippen LogP contribution >= 0.6 is 8.58 Å². The van der Waals surface area contributed by atoms with Gasteiger partial charge in [-0.2, -0.15) is 0 Å². The van der Waals surface area contributed by atoms with Crippen molar-refractivity contribution < 1.29 is 29.8 Å². The number of ether oxygens (including phenoxy) is 1. The fraction of sp³-hybridized carbons (Fsp3) is 0.435. The van der Waals surface area contributed by atoms with E-state index in [9.17, 15) is 4.79 Å². The molecule has 0 aliphatic rings. The quantitative estimate of drug-likeness (QED) is 0.571. The number of benzene rings is 2. The monoisotopic (exact) mass is 378 g/mol. The summed E-state index contributed by atoms with van der Waals surface area (Å²) < 4.78 is 5.84. The van der Waals surface area contributed by atoms with E-state index in [1.165, 1.54) is 5.56 Å². The first-order valence-electron chi connectivity index (χ1n) is 9.24. The molecule has 142 valence electrons. The van der Waals surface area contributed by atoms with E-state index < -0.39 is 0 Å². The minimum atomic E-state index is 0. The predicted molar refractivity (Wildman–Crippen MR) is 115 cm³/mol. The molecular weight excluding hydrogens is 346 g/mol. The summed E-state index contributed by atoms with van der Waals surface area (Å²) in [4.78, 5) is 12.8. The van der Waals surface area contributed by atoms with Crippen LogP contribution in [0.15, 0.2) is 36.4 Å². The number of hydrogen-bond acceptors (Lipinski definition) is 2. The summed E-state index contributed by atoms with van der Waals surface area (Å²) in [6.07, 6.45) is 0. The Morgan fingerprint density at radius 3 is 2.04 bits per heavy atom. The number of hydrogen-bond donors (Lipinski definition) is 0. The molecule has 1 atom stereocenters. The van der Waals surface area contributed by atoms with Crippen LogP contribution in [-0.2, 0) is 5.41 Å². The van der Waals surface area contributed by atoms with E-state index in [0.717, 1.165) is 27.7 Å². The zero-order valence-electron chi connectivity index (χ0n) is 19.1. The average molecular weight is 378 g/mol. The molecule has 0 radical (unpaired) electrons. The first-order valence-corrected chi connectivity index (χ1v) is 10.2. The molecule has 0 aliphatic heterocycles. The standard InChI is InChI=1S/C23H31O2P.Li.H/c1-15(2)14-25-20-12-16(3)21(17(4)13-20)26-22(24)18-8-10-19(11-9-18)23(5,6)7;;/h8-13,15,26H,14H2,1-7H3;;/q;+1;-1. The Morgan fingerprint density at radius 2 is 1.59 bits per heavy atom. The van der Waals surface area contributed by atoms with Crippen LogP contribution in [0.25, 0.3) is 0 Å². The van der Waals surface area contributed by atoms with E-state index >= 15 is 0 Å². The van der Waals surface area contributed by atoms with Crippen molar-refractivity contribution in [2.75, 3.05) is 6.61 Å². The van der Waals surface area contributed by atoms with Gasteiger partial charge in [0.15, 0.2) is 5.52 Å². The van der Waals surface area contributed by atoms with E-state index in [-0.39, 0.29) is 39.8 Å². The van der Waals surface area contributed by atoms with Gasteiger partial charge in [0.1, 0.15) is 5.75 Å². The minimum Gasteiger partial charge on any atom is -1.00 e. The maximum Gasteiger partial charge on any atom is 1.00 e. The van der Waals surface area contributed by atoms with Gasteiger partial charge in [0.05, 0.1) is 6.61 Å². The van der Waals surface area contributed by atoms with E-state index in [1.807, 2.05) is 24.3 Å². The van der Waals surface area contributed by atoms with Crippen molar-refractivity contribution in [2.45, 2.75) is 53.9 Å². The van der Waals surface area contributed by atoms with Crippen LogP contribution in [-0.4, -0.2) is 12.1 Å². The minimum absolute atomic E-state index is 0. The van der Waals surface area contributed by atoms with E-state index in [2.05, 4.69) is 60.6 Å². The summed E-state index contributed by atoms with van der Waals surface area (Å²) in [5.41, 5.74) is 4.57. The summed E-state index contributed by atoms with van der Waals surface area (Å²) in [5, 5.41) is 1.13. The molecule has 0 N–H and O–H groups in total. The molecule has 2 rings (SSSR count). The first kappa shape index (κ1) is 24.0. The zero-order valence-corrected chi connectivity index (χ0v) is 19.1. The molecule has 2 nitrogen and oxygen atoms in total. The van der Waals surface area contributed by atoms with Gasteiger partial charge in [-0.15, -0.1) is 0 Å². The zero-order chi connectivity index (χ0) is 19.5. The van der Waals surface area contributed by atoms with Gasteiger partial charge < -0.3 is 6.16 Å². The number of carbonyl (C=O) groups excluding carboxylic acids is 1. The van der Waals surface area contributed by atoms with Gasteiger partial charge in [0.2, 0.25) is 0 Å². The maximum atomic E-state index is 12.8. The molecule has 0 amide bonds. The smallest absolute Gasteiger partial charge is 1.00 e. The molecular formula is C23H32LiO2P. The Bertz CT molecular complexity index is 757. The third-order valence-electron chi connectivity index (χ3n) is 4.34. The fourth-order valence-electron chi connectivity index (χ4n) is 2.77. The van der Waals surface area contributed by atoms with Crippen LogP contribution in [0.1, 0.15) is 63.1 Å². The molecule has 0 saturated heterocycles. The molecule has 2 aromatic rings. The molecule has 0 heterocycles. The van der Waals surface area contributed by atoms with Gasteiger partial charge in [-0.25, -0.2) is 0 Å². The molecule has 2 aromatic carbocycles. The normalized spacial score (nSPS) is 11.7. The van der Waals surface area contributed by atoms with Crippen LogP contribution in [0, 0.1) is 19.8 Å². The second-order valence-electron chi connectivity index (χ2n) is 8.42. The molecule has 1 unspecified atom stereocenters. The molecule has 0 fully saturated rings. The van der Waals surface area contributed by atoms with Crippen molar-refractivity contribution in [2.24, 2.45) is 5.92 Å². The summed E-state index contributed by atoms with van der Waals surface area (Å²) in [6.45, 7) is 15.7. The van der Waals surface area contributed by atoms with Crippen LogP contribution in [0.2, 0.25) is 0 Å². The van der Waals surface area contributed by atoms with Crippen LogP contribution < -0.4 is 28.9 Å². The fourth-order valence-corrected chi connectivity index (χ4v) is 3.85. The molecule has 0 aliphatic carbocycles. The number of aryl methyl sites for hydroxylation is 2. The Kier molecular flexibility index (Phi) is 8.82. The van der Waals surface area contributed by atoms with Gasteiger partial charge in [-0.3, -0.25) is 4.79 Å². The van der Waals surface area contributed by atoms with Crippen molar-refractivity contribution in [3.8, 4) is 5.75 Å². The maximum absolute atomic E-state index is 12.8. The largest absolute Gasteiger partial charge is 1.00 e. The van der Waals surface area contributed by atoms with Gasteiger partial charge in [-0.05, 0) is 67.9 Å². The molecule has 0 spiro atoms. The molecule has 0 saturated carbocycles. The molecule has 0 aromatic heterocycles. The summed E-state index contributed by atoms with van der Waals surface area (Å²) in [7, 11) is 0.136. The van der Waals surface area contributed by atoms with Crippen molar-refractivity contribution in [3.05, 3.63) is 58.7 Å². The van der Waals surface area contributed by atoms with Crippen LogP contribution in [0.4, 0.5) is 0 Å². The summed E-state index contributed by atoms with van der Waals surface area (Å²) in [5.74, 6) is 1.39.